The van der Waals surface area contributed by atoms with E-state index in [2.05, 4.69) is 23.2 Å². The zero-order chi connectivity index (χ0) is 17.1. The van der Waals surface area contributed by atoms with E-state index in [-0.39, 0.29) is 11.6 Å². The number of carbonyl (C=O) groups is 1. The molecule has 0 saturated carbocycles. The molecule has 0 aromatic heterocycles. The maximum absolute atomic E-state index is 12.0. The van der Waals surface area contributed by atoms with Crippen molar-refractivity contribution in [2.75, 3.05) is 25.1 Å². The molecular weight excluding hydrogens is 292 g/mol. The lowest BCUT2D eigenvalue weighted by Crippen LogP contribution is -2.54. The molecule has 1 amide bonds. The molecule has 1 radical (unpaired) electrons. The second-order valence-corrected chi connectivity index (χ2v) is 7.28. The van der Waals surface area contributed by atoms with Crippen LogP contribution in [0.15, 0.2) is 18.2 Å². The summed E-state index contributed by atoms with van der Waals surface area (Å²) < 4.78 is 10.6. The fourth-order valence-electron chi connectivity index (χ4n) is 2.66. The Morgan fingerprint density at radius 3 is 2.52 bits per heavy atom. The Morgan fingerprint density at radius 1 is 1.30 bits per heavy atom. The Hall–Kier alpha value is -1.91. The number of hydrogen-bond donors (Lipinski definition) is 1. The quantitative estimate of drug-likeness (QED) is 0.928. The van der Waals surface area contributed by atoms with Crippen molar-refractivity contribution in [3.8, 4) is 5.75 Å². The topological polar surface area (TPSA) is 50.8 Å². The minimum Gasteiger partial charge on any atom is -0.496 e. The number of benzene rings is 1. The number of amides is 1. The van der Waals surface area contributed by atoms with Crippen LogP contribution in [-0.4, -0.2) is 37.4 Å². The van der Waals surface area contributed by atoms with Crippen molar-refractivity contribution in [1.82, 2.24) is 5.32 Å². The molecule has 0 aliphatic carbocycles. The van der Waals surface area contributed by atoms with Crippen LogP contribution >= 0.6 is 0 Å². The molecule has 1 aromatic carbocycles. The highest BCUT2D eigenvalue weighted by molar-refractivity contribution is 5.68. The predicted octanol–water partition coefficient (Wildman–Crippen LogP) is 3.38. The molecule has 127 valence electrons. The number of ether oxygens (including phenoxy) is 2. The van der Waals surface area contributed by atoms with Gasteiger partial charge in [0.15, 0.2) is 0 Å². The van der Waals surface area contributed by atoms with Gasteiger partial charge in [-0.15, -0.1) is 0 Å². The van der Waals surface area contributed by atoms with Crippen LogP contribution < -0.4 is 15.0 Å². The molecule has 2 rings (SSSR count). The summed E-state index contributed by atoms with van der Waals surface area (Å²) in [5, 5.41) is 3.02. The van der Waals surface area contributed by atoms with E-state index in [1.165, 1.54) is 0 Å². The fourth-order valence-corrected chi connectivity index (χ4v) is 2.66. The summed E-state index contributed by atoms with van der Waals surface area (Å²) in [6.07, 6.45) is 1.37. The Kier molecular flexibility index (Phi) is 5.07. The number of methoxy groups -OCH3 is 1. The van der Waals surface area contributed by atoms with E-state index in [0.717, 1.165) is 37.4 Å². The van der Waals surface area contributed by atoms with Gasteiger partial charge in [-0.2, -0.15) is 0 Å². The SMILES string of the molecule is COc1[c]c(N2CCC(C)(NC(=O)OC(C)(C)C)CC2)ccc1. The number of nitrogens with zero attached hydrogens (tertiary/aromatic N) is 1. The van der Waals surface area contributed by atoms with Gasteiger partial charge in [0, 0.05) is 24.3 Å². The lowest BCUT2D eigenvalue weighted by molar-refractivity contribution is 0.0448. The molecule has 1 saturated heterocycles. The monoisotopic (exact) mass is 319 g/mol. The van der Waals surface area contributed by atoms with Crippen molar-refractivity contribution in [3.05, 3.63) is 24.3 Å². The maximum Gasteiger partial charge on any atom is 0.408 e. The average Bonchev–Trinajstić information content (AvgIpc) is 2.45. The Bertz CT molecular complexity index is 543. The van der Waals surface area contributed by atoms with Gasteiger partial charge in [0.2, 0.25) is 0 Å². The van der Waals surface area contributed by atoms with Gasteiger partial charge in [-0.25, -0.2) is 4.79 Å². The van der Waals surface area contributed by atoms with Gasteiger partial charge in [0.25, 0.3) is 0 Å². The Balaban J connectivity index is 1.93. The first-order valence-corrected chi connectivity index (χ1v) is 8.03. The van der Waals surface area contributed by atoms with Crippen LogP contribution in [0, 0.1) is 6.07 Å². The van der Waals surface area contributed by atoms with Crippen molar-refractivity contribution in [1.29, 1.82) is 0 Å². The summed E-state index contributed by atoms with van der Waals surface area (Å²) in [4.78, 5) is 14.3. The zero-order valence-corrected chi connectivity index (χ0v) is 14.7. The van der Waals surface area contributed by atoms with Gasteiger partial charge in [-0.1, -0.05) is 6.07 Å². The summed E-state index contributed by atoms with van der Waals surface area (Å²) in [6, 6.07) is 9.15. The number of piperidine rings is 1. The normalized spacial score (nSPS) is 17.5. The van der Waals surface area contributed by atoms with E-state index in [9.17, 15) is 4.79 Å². The largest absolute Gasteiger partial charge is 0.496 e. The summed E-state index contributed by atoms with van der Waals surface area (Å²) in [7, 11) is 1.65. The van der Waals surface area contributed by atoms with Gasteiger partial charge in [0.05, 0.1) is 13.2 Å². The molecule has 5 heteroatoms. The molecule has 1 aliphatic heterocycles. The first-order chi connectivity index (χ1) is 10.7. The molecule has 1 fully saturated rings. The second kappa shape index (κ2) is 6.69. The first-order valence-electron chi connectivity index (χ1n) is 8.03. The van der Waals surface area contributed by atoms with Gasteiger partial charge in [-0.05, 0) is 52.7 Å². The van der Waals surface area contributed by atoms with Gasteiger partial charge in [0.1, 0.15) is 11.4 Å². The third-order valence-electron chi connectivity index (χ3n) is 3.98. The summed E-state index contributed by atoms with van der Waals surface area (Å²) >= 11 is 0. The standard InChI is InChI=1S/C18H27N2O3/c1-17(2,3)23-16(21)19-18(4)9-11-20(12-10-18)14-7-6-8-15(13-14)22-5/h6-8H,9-12H2,1-5H3,(H,19,21). The second-order valence-electron chi connectivity index (χ2n) is 7.28. The summed E-state index contributed by atoms with van der Waals surface area (Å²) in [5.41, 5.74) is 0.317. The third kappa shape index (κ3) is 5.05. The molecule has 0 bridgehead atoms. The van der Waals surface area contributed by atoms with E-state index < -0.39 is 5.60 Å². The van der Waals surface area contributed by atoms with Crippen molar-refractivity contribution in [2.45, 2.75) is 51.7 Å². The van der Waals surface area contributed by atoms with Gasteiger partial charge < -0.3 is 19.7 Å². The van der Waals surface area contributed by atoms with E-state index in [1.54, 1.807) is 7.11 Å². The molecule has 0 unspecified atom stereocenters. The average molecular weight is 319 g/mol. The van der Waals surface area contributed by atoms with Crippen LogP contribution in [0.2, 0.25) is 0 Å². The number of nitrogens with one attached hydrogen (secondary N) is 1. The highest BCUT2D eigenvalue weighted by Crippen LogP contribution is 2.28. The van der Waals surface area contributed by atoms with E-state index in [1.807, 2.05) is 39.0 Å². The maximum atomic E-state index is 12.0. The Morgan fingerprint density at radius 2 is 1.96 bits per heavy atom. The van der Waals surface area contributed by atoms with E-state index >= 15 is 0 Å². The molecule has 1 N–H and O–H groups in total. The minimum absolute atomic E-state index is 0.238. The van der Waals surface area contributed by atoms with Crippen LogP contribution in [-0.2, 0) is 4.74 Å². The lowest BCUT2D eigenvalue weighted by Gasteiger charge is -2.41. The van der Waals surface area contributed by atoms with Crippen LogP contribution in [0.5, 0.6) is 5.75 Å². The van der Waals surface area contributed by atoms with E-state index in [0.29, 0.717) is 0 Å². The van der Waals surface area contributed by atoms with Crippen LogP contribution in [0.1, 0.15) is 40.5 Å². The minimum atomic E-state index is -0.475. The Labute approximate surface area is 139 Å². The first kappa shape index (κ1) is 17.4. The number of carbonyl (C=O) groups excluding carboxylic acids is 1. The van der Waals surface area contributed by atoms with Crippen molar-refractivity contribution >= 4 is 11.8 Å². The smallest absolute Gasteiger partial charge is 0.408 e. The zero-order valence-electron chi connectivity index (χ0n) is 14.7. The number of alkyl carbamates (subject to hydrolysis) is 1. The summed E-state index contributed by atoms with van der Waals surface area (Å²) in [5.74, 6) is 0.739. The molecule has 1 aliphatic rings. The van der Waals surface area contributed by atoms with Crippen LogP contribution in [0.25, 0.3) is 0 Å². The molecule has 1 heterocycles. The van der Waals surface area contributed by atoms with Crippen molar-refractivity contribution in [2.24, 2.45) is 0 Å². The van der Waals surface area contributed by atoms with Crippen molar-refractivity contribution in [3.63, 3.8) is 0 Å². The van der Waals surface area contributed by atoms with Crippen LogP contribution in [0.3, 0.4) is 0 Å². The molecule has 5 nitrogen and oxygen atoms in total. The third-order valence-corrected chi connectivity index (χ3v) is 3.98. The van der Waals surface area contributed by atoms with E-state index in [4.69, 9.17) is 9.47 Å². The number of hydrogen-bond acceptors (Lipinski definition) is 4. The number of rotatable bonds is 3. The number of anilines is 1. The lowest BCUT2D eigenvalue weighted by atomic mass is 9.89. The highest BCUT2D eigenvalue weighted by Gasteiger charge is 2.33. The fraction of sp³-hybridized carbons (Fsp3) is 0.611. The summed E-state index contributed by atoms with van der Waals surface area (Å²) in [6.45, 7) is 9.40. The predicted molar refractivity (Wildman–Crippen MR) is 91.1 cm³/mol. The molecule has 23 heavy (non-hydrogen) atoms. The van der Waals surface area contributed by atoms with Gasteiger partial charge >= 0.3 is 6.09 Å². The van der Waals surface area contributed by atoms with Gasteiger partial charge in [-0.3, -0.25) is 0 Å². The molecular formula is C18H27N2O3. The highest BCUT2D eigenvalue weighted by atomic mass is 16.6. The molecule has 0 spiro atoms. The van der Waals surface area contributed by atoms with Crippen LogP contribution in [0.4, 0.5) is 10.5 Å². The van der Waals surface area contributed by atoms with Crippen molar-refractivity contribution < 1.29 is 14.3 Å². The molecule has 1 aromatic rings. The molecule has 0 atom stereocenters.